The van der Waals surface area contributed by atoms with E-state index in [1.165, 1.54) is 43.3 Å². The highest BCUT2D eigenvalue weighted by atomic mass is 16.4. The summed E-state index contributed by atoms with van der Waals surface area (Å²) in [6, 6.07) is 15.2. The number of anilines is 2. The van der Waals surface area contributed by atoms with Crippen molar-refractivity contribution in [1.82, 2.24) is 0 Å². The minimum atomic E-state index is -1.44. The lowest BCUT2D eigenvalue weighted by Gasteiger charge is -2.16. The molecule has 0 heterocycles. The Morgan fingerprint density at radius 3 is 1.92 bits per heavy atom. The van der Waals surface area contributed by atoms with Crippen molar-refractivity contribution in [3.63, 3.8) is 0 Å². The molecule has 0 fully saturated rings. The molecule has 0 radical (unpaired) electrons. The number of aliphatic carboxylic acids is 1. The minimum Gasteiger partial charge on any atom is -0.545 e. The number of carboxylic acid groups (broad SMARTS) is 2. The van der Waals surface area contributed by atoms with Gasteiger partial charge in [-0.2, -0.15) is 0 Å². The van der Waals surface area contributed by atoms with Crippen LogP contribution in [-0.2, 0) is 9.59 Å². The molecule has 0 saturated heterocycles. The fourth-order valence-corrected chi connectivity index (χ4v) is 3.46. The summed E-state index contributed by atoms with van der Waals surface area (Å²) in [6.07, 6.45) is 1.59. The summed E-state index contributed by atoms with van der Waals surface area (Å²) in [4.78, 5) is 58.2. The molecule has 0 bridgehead atoms. The van der Waals surface area contributed by atoms with Gasteiger partial charge in [-0.3, -0.25) is 14.4 Å². The Kier molecular flexibility index (Phi) is 7.75. The van der Waals surface area contributed by atoms with Crippen LogP contribution in [0.3, 0.4) is 0 Å². The Labute approximate surface area is 206 Å². The first kappa shape index (κ1) is 25.6. The van der Waals surface area contributed by atoms with Crippen LogP contribution in [0, 0.1) is 6.92 Å². The standard InChI is InChI=1S/C27H22N2O7/c1-15-13-19(28-24(31)11-12-25(32)33)7-9-21(15)22-10-8-20(14-23(22)27(35)36)29-26(34)18-5-3-17(4-6-18)16(2)30/h3-14H,1-2H3,(H,28,31)(H,29,34)(H,32,33)(H,35,36)/p-1/b12-11+. The van der Waals surface area contributed by atoms with E-state index in [4.69, 9.17) is 5.11 Å². The van der Waals surface area contributed by atoms with E-state index in [2.05, 4.69) is 10.6 Å². The average molecular weight is 485 g/mol. The number of Topliss-reactive ketones (excluding diaryl/α,β-unsaturated/α-hetero) is 1. The summed E-state index contributed by atoms with van der Waals surface area (Å²) >= 11 is 0. The van der Waals surface area contributed by atoms with Gasteiger partial charge >= 0.3 is 5.97 Å². The van der Waals surface area contributed by atoms with Crippen molar-refractivity contribution >= 4 is 40.9 Å². The number of nitrogens with one attached hydrogen (secondary N) is 2. The van der Waals surface area contributed by atoms with Crippen LogP contribution in [0.4, 0.5) is 11.4 Å². The van der Waals surface area contributed by atoms with Gasteiger partial charge in [0.05, 0.1) is 5.97 Å². The lowest BCUT2D eigenvalue weighted by molar-refractivity contribution is -0.254. The topological polar surface area (TPSA) is 153 Å². The van der Waals surface area contributed by atoms with Crippen LogP contribution >= 0.6 is 0 Å². The number of aryl methyl sites for hydroxylation is 1. The van der Waals surface area contributed by atoms with Crippen LogP contribution in [0.2, 0.25) is 0 Å². The maximum absolute atomic E-state index is 12.6. The molecule has 0 aliphatic rings. The van der Waals surface area contributed by atoms with E-state index in [0.29, 0.717) is 39.6 Å². The van der Waals surface area contributed by atoms with Gasteiger partial charge in [0.25, 0.3) is 5.91 Å². The minimum absolute atomic E-state index is 0.128. The summed E-state index contributed by atoms with van der Waals surface area (Å²) in [6.45, 7) is 3.14. The van der Waals surface area contributed by atoms with E-state index in [9.17, 15) is 29.1 Å². The maximum atomic E-state index is 12.6. The summed E-state index contributed by atoms with van der Waals surface area (Å²) in [7, 11) is 0. The van der Waals surface area contributed by atoms with E-state index in [-0.39, 0.29) is 17.0 Å². The van der Waals surface area contributed by atoms with Gasteiger partial charge in [0.2, 0.25) is 5.91 Å². The van der Waals surface area contributed by atoms with Crippen molar-refractivity contribution in [2.75, 3.05) is 10.6 Å². The second-order valence-corrected chi connectivity index (χ2v) is 7.83. The zero-order chi connectivity index (χ0) is 26.4. The Morgan fingerprint density at radius 1 is 0.778 bits per heavy atom. The third-order valence-electron chi connectivity index (χ3n) is 5.21. The van der Waals surface area contributed by atoms with Gasteiger partial charge < -0.3 is 25.6 Å². The van der Waals surface area contributed by atoms with Gasteiger partial charge in [-0.05, 0) is 66.9 Å². The number of carbonyl (C=O) groups is 5. The fourth-order valence-electron chi connectivity index (χ4n) is 3.46. The molecule has 3 aromatic rings. The number of amides is 2. The molecule has 0 atom stereocenters. The van der Waals surface area contributed by atoms with Gasteiger partial charge in [-0.1, -0.05) is 24.3 Å². The lowest BCUT2D eigenvalue weighted by atomic mass is 9.95. The number of hydrogen-bond donors (Lipinski definition) is 3. The van der Waals surface area contributed by atoms with Crippen molar-refractivity contribution in [2.24, 2.45) is 0 Å². The van der Waals surface area contributed by atoms with E-state index in [1.807, 2.05) is 0 Å². The van der Waals surface area contributed by atoms with E-state index < -0.39 is 23.8 Å². The molecule has 3 rings (SSSR count). The van der Waals surface area contributed by atoms with Crippen LogP contribution in [-0.4, -0.2) is 34.6 Å². The quantitative estimate of drug-likeness (QED) is 0.327. The molecule has 2 amide bonds. The highest BCUT2D eigenvalue weighted by molar-refractivity contribution is 6.06. The molecule has 3 N–H and O–H groups in total. The smallest absolute Gasteiger partial charge is 0.328 e. The zero-order valence-corrected chi connectivity index (χ0v) is 19.3. The second-order valence-electron chi connectivity index (χ2n) is 7.83. The maximum Gasteiger partial charge on any atom is 0.328 e. The van der Waals surface area contributed by atoms with Crippen molar-refractivity contribution < 1.29 is 34.2 Å². The van der Waals surface area contributed by atoms with Crippen molar-refractivity contribution in [3.05, 3.63) is 95.1 Å². The first-order valence-corrected chi connectivity index (χ1v) is 10.7. The van der Waals surface area contributed by atoms with Gasteiger partial charge in [-0.25, -0.2) is 4.79 Å². The molecule has 0 aliphatic heterocycles. The predicted molar refractivity (Wildman–Crippen MR) is 131 cm³/mol. The van der Waals surface area contributed by atoms with E-state index >= 15 is 0 Å². The first-order chi connectivity index (χ1) is 17.0. The summed E-state index contributed by atoms with van der Waals surface area (Å²) < 4.78 is 0. The van der Waals surface area contributed by atoms with E-state index in [1.54, 1.807) is 31.2 Å². The Morgan fingerprint density at radius 2 is 1.36 bits per heavy atom. The number of carboxylic acids is 2. The zero-order valence-electron chi connectivity index (χ0n) is 19.3. The summed E-state index contributed by atoms with van der Waals surface area (Å²) in [5.74, 6) is -3.93. The molecule has 3 aromatic carbocycles. The first-order valence-electron chi connectivity index (χ1n) is 10.7. The van der Waals surface area contributed by atoms with Gasteiger partial charge in [0, 0.05) is 40.2 Å². The molecule has 36 heavy (non-hydrogen) atoms. The highest BCUT2D eigenvalue weighted by Gasteiger charge is 2.13. The van der Waals surface area contributed by atoms with Crippen LogP contribution in [0.25, 0.3) is 11.1 Å². The predicted octanol–water partition coefficient (Wildman–Crippen LogP) is 3.06. The number of hydrogen-bond acceptors (Lipinski definition) is 6. The molecule has 9 heteroatoms. The summed E-state index contributed by atoms with van der Waals surface area (Å²) in [5.41, 5.74) is 2.80. The van der Waals surface area contributed by atoms with Crippen LogP contribution in [0.1, 0.15) is 43.6 Å². The molecular formula is C27H21N2O7-. The van der Waals surface area contributed by atoms with Crippen molar-refractivity contribution in [1.29, 1.82) is 0 Å². The monoisotopic (exact) mass is 485 g/mol. The van der Waals surface area contributed by atoms with Crippen LogP contribution in [0.15, 0.2) is 72.8 Å². The van der Waals surface area contributed by atoms with Crippen LogP contribution < -0.4 is 15.7 Å². The SMILES string of the molecule is CC(=O)c1ccc(C(=O)Nc2ccc(-c3ccc(NC(=O)/C=C/C(=O)O)cc3C)c(C(=O)[O-])c2)cc1. The molecule has 9 nitrogen and oxygen atoms in total. The summed E-state index contributed by atoms with van der Waals surface area (Å²) in [5, 5.41) is 25.7. The average Bonchev–Trinajstić information content (AvgIpc) is 2.83. The van der Waals surface area contributed by atoms with Crippen LogP contribution in [0.5, 0.6) is 0 Å². The normalized spacial score (nSPS) is 10.6. The largest absolute Gasteiger partial charge is 0.545 e. The van der Waals surface area contributed by atoms with Gasteiger partial charge in [0.15, 0.2) is 5.78 Å². The molecule has 0 unspecified atom stereocenters. The molecule has 0 saturated carbocycles. The molecule has 182 valence electrons. The second kappa shape index (κ2) is 10.9. The Balaban J connectivity index is 1.84. The van der Waals surface area contributed by atoms with Crippen molar-refractivity contribution in [3.8, 4) is 11.1 Å². The third kappa shape index (κ3) is 6.29. The van der Waals surface area contributed by atoms with Crippen molar-refractivity contribution in [2.45, 2.75) is 13.8 Å². The number of ketones is 1. The number of aromatic carboxylic acids is 1. The molecule has 0 spiro atoms. The van der Waals surface area contributed by atoms with Gasteiger partial charge in [-0.15, -0.1) is 0 Å². The fraction of sp³-hybridized carbons (Fsp3) is 0.0741. The number of benzene rings is 3. The third-order valence-corrected chi connectivity index (χ3v) is 5.21. The highest BCUT2D eigenvalue weighted by Crippen LogP contribution is 2.31. The van der Waals surface area contributed by atoms with E-state index in [0.717, 1.165) is 6.08 Å². The molecular weight excluding hydrogens is 464 g/mol. The van der Waals surface area contributed by atoms with Gasteiger partial charge in [0.1, 0.15) is 0 Å². The number of carbonyl (C=O) groups excluding carboxylic acids is 4. The molecule has 0 aliphatic carbocycles. The lowest BCUT2D eigenvalue weighted by Crippen LogP contribution is -2.23. The molecule has 0 aromatic heterocycles. The Hall–Kier alpha value is -5.05. The number of rotatable bonds is 8. The Bertz CT molecular complexity index is 1410.